The Morgan fingerprint density at radius 3 is 2.20 bits per heavy atom. The van der Waals surface area contributed by atoms with E-state index in [0.29, 0.717) is 52.7 Å². The number of nitrogens with one attached hydrogen (secondary N) is 3. The number of nitrogens with zero attached hydrogens (tertiary/aromatic N) is 7. The van der Waals surface area contributed by atoms with Gasteiger partial charge < -0.3 is 21.7 Å². The Kier molecular flexibility index (Phi) is 8.97. The Labute approximate surface area is 330 Å². The molecule has 282 valence electrons. The van der Waals surface area contributed by atoms with Gasteiger partial charge in [0.05, 0.1) is 23.1 Å². The fraction of sp³-hybridized carbons (Fsp3) is 0.256. The summed E-state index contributed by atoms with van der Waals surface area (Å²) in [5.41, 5.74) is 6.20. The second-order valence-corrected chi connectivity index (χ2v) is 15.3. The fourth-order valence-electron chi connectivity index (χ4n) is 7.13. The van der Waals surface area contributed by atoms with Crippen LogP contribution < -0.4 is 26.6 Å². The Bertz CT molecular complexity index is 2450. The lowest BCUT2D eigenvalue weighted by atomic mass is 9.90. The number of urea groups is 1. The predicted octanol–water partition coefficient (Wildman–Crippen LogP) is 4.79. The molecule has 1 aliphatic heterocycles. The molecule has 5 N–H and O–H groups in total. The molecule has 3 aromatic heterocycles. The van der Waals surface area contributed by atoms with Gasteiger partial charge in [0, 0.05) is 47.2 Å². The number of carbonyl (C=O) groups excluding carboxylic acids is 4. The van der Waals surface area contributed by atoms with Crippen LogP contribution in [-0.2, 0) is 33.6 Å². The summed E-state index contributed by atoms with van der Waals surface area (Å²) in [7, 11) is 0. The smallest absolute Gasteiger partial charge is 0.312 e. The maximum Gasteiger partial charge on any atom is 0.312 e. The Morgan fingerprint density at radius 1 is 0.875 bits per heavy atom. The lowest BCUT2D eigenvalue weighted by Crippen LogP contribution is -2.52. The van der Waals surface area contributed by atoms with E-state index in [1.165, 1.54) is 11.1 Å². The van der Waals surface area contributed by atoms with Gasteiger partial charge in [-0.3, -0.25) is 23.9 Å². The van der Waals surface area contributed by atoms with Crippen LogP contribution in [0.3, 0.4) is 0 Å². The largest absolute Gasteiger partial charge is 0.352 e. The average molecular weight is 791 g/mol. The zero-order chi connectivity index (χ0) is 39.4. The first-order valence-corrected chi connectivity index (χ1v) is 18.4. The van der Waals surface area contributed by atoms with Gasteiger partial charge in [0.2, 0.25) is 17.7 Å². The van der Waals surface area contributed by atoms with E-state index < -0.39 is 28.6 Å². The maximum absolute atomic E-state index is 14.6. The molecule has 8 rings (SSSR count). The fourth-order valence-corrected chi connectivity index (χ4v) is 7.65. The number of hydrogen-bond acceptors (Lipinski definition) is 9. The molecule has 4 heterocycles. The summed E-state index contributed by atoms with van der Waals surface area (Å²) in [5, 5.41) is 18.4. The first-order chi connectivity index (χ1) is 26.8. The number of rotatable bonds is 11. The molecule has 56 heavy (non-hydrogen) atoms. The lowest BCUT2D eigenvalue weighted by Gasteiger charge is -2.27. The minimum Gasteiger partial charge on any atom is -0.352 e. The van der Waals surface area contributed by atoms with Crippen molar-refractivity contribution in [2.24, 2.45) is 5.73 Å². The Morgan fingerprint density at radius 2 is 1.57 bits per heavy atom. The second kappa shape index (κ2) is 13.7. The van der Waals surface area contributed by atoms with Crippen LogP contribution in [0.25, 0.3) is 11.1 Å². The summed E-state index contributed by atoms with van der Waals surface area (Å²) in [5.74, 6) is -1.02. The van der Waals surface area contributed by atoms with Crippen molar-refractivity contribution >= 4 is 58.6 Å². The predicted molar refractivity (Wildman–Crippen MR) is 205 cm³/mol. The molecule has 15 nitrogen and oxygen atoms in total. The molecular formula is C39H33Cl2N11O4. The van der Waals surface area contributed by atoms with Gasteiger partial charge in [-0.25, -0.2) is 24.6 Å². The SMILES string of the molecule is C[C@@]1(Cc2ccc(-c3cnc(C#N)nc3)cc2)C(=O)N(c2cc(Cl)cc(Cl)c2)c2ncc(C(=O)NC3(C(=O)NC4(c5cc(CNC(N)=O)ccn5)CC4)CC3)n21. The van der Waals surface area contributed by atoms with Gasteiger partial charge in [0.1, 0.15) is 22.8 Å². The molecule has 2 fully saturated rings. The van der Waals surface area contributed by atoms with Crippen LogP contribution >= 0.6 is 23.2 Å². The van der Waals surface area contributed by atoms with Crippen LogP contribution in [0, 0.1) is 11.3 Å². The number of fused-ring (bicyclic) bond motifs is 1. The van der Waals surface area contributed by atoms with Gasteiger partial charge in [-0.2, -0.15) is 5.26 Å². The highest BCUT2D eigenvalue weighted by atomic mass is 35.5. The number of primary amides is 1. The van der Waals surface area contributed by atoms with Gasteiger partial charge in [0.25, 0.3) is 11.8 Å². The van der Waals surface area contributed by atoms with E-state index in [-0.39, 0.29) is 42.2 Å². The van der Waals surface area contributed by atoms with Crippen molar-refractivity contribution in [3.63, 3.8) is 0 Å². The summed E-state index contributed by atoms with van der Waals surface area (Å²) in [6.45, 7) is 1.95. The van der Waals surface area contributed by atoms with Crippen molar-refractivity contribution in [3.05, 3.63) is 118 Å². The highest BCUT2D eigenvalue weighted by Gasteiger charge is 2.57. The maximum atomic E-state index is 14.6. The number of benzene rings is 2. The topological polar surface area (TPSA) is 214 Å². The molecule has 5 aromatic rings. The van der Waals surface area contributed by atoms with Crippen LogP contribution in [0.2, 0.25) is 10.0 Å². The van der Waals surface area contributed by atoms with E-state index in [2.05, 4.69) is 35.9 Å². The lowest BCUT2D eigenvalue weighted by molar-refractivity contribution is -0.125. The minimum atomic E-state index is -1.36. The van der Waals surface area contributed by atoms with Crippen LogP contribution in [0.15, 0.2) is 79.4 Å². The van der Waals surface area contributed by atoms with Gasteiger partial charge in [-0.15, -0.1) is 0 Å². The number of anilines is 2. The number of imidazole rings is 1. The standard InChI is InChI=1S/C39H33Cl2N11O4/c1-37(16-22-2-4-24(5-3-22)25-19-45-31(17-42)46-20-25)34(55)51(28-14-26(40)13-27(41)15-28)36-48-21-29(52(36)37)32(53)49-39(9-10-39)33(54)50-38(7-8-38)30-12-23(6-11-44-30)18-47-35(43)56/h2-6,11-15,19-21H,7-10,16,18H2,1H3,(H,49,53)(H,50,54)(H3,43,47,56)/t37-/m1/s1. The monoisotopic (exact) mass is 789 g/mol. The normalized spacial score (nSPS) is 18.4. The third-order valence-electron chi connectivity index (χ3n) is 10.4. The zero-order valence-corrected chi connectivity index (χ0v) is 31.4. The quantitative estimate of drug-likeness (QED) is 0.145. The van der Waals surface area contributed by atoms with Crippen LogP contribution in [-0.4, -0.2) is 53.8 Å². The van der Waals surface area contributed by atoms with E-state index >= 15 is 0 Å². The summed E-state index contributed by atoms with van der Waals surface area (Å²) < 4.78 is 1.60. The first-order valence-electron chi connectivity index (χ1n) is 17.7. The Hall–Kier alpha value is -6.37. The molecule has 17 heteroatoms. The van der Waals surface area contributed by atoms with E-state index in [4.69, 9.17) is 34.2 Å². The summed E-state index contributed by atoms with van der Waals surface area (Å²) >= 11 is 12.7. The van der Waals surface area contributed by atoms with E-state index in [1.807, 2.05) is 36.4 Å². The van der Waals surface area contributed by atoms with Crippen molar-refractivity contribution in [1.82, 2.24) is 40.5 Å². The van der Waals surface area contributed by atoms with Crippen molar-refractivity contribution in [2.75, 3.05) is 4.90 Å². The first kappa shape index (κ1) is 36.6. The minimum absolute atomic E-state index is 0.0651. The molecule has 2 aromatic carbocycles. The summed E-state index contributed by atoms with van der Waals surface area (Å²) in [6.07, 6.45) is 8.46. The van der Waals surface area contributed by atoms with Crippen LogP contribution in [0.4, 0.5) is 16.4 Å². The van der Waals surface area contributed by atoms with Crippen LogP contribution in [0.5, 0.6) is 0 Å². The van der Waals surface area contributed by atoms with Gasteiger partial charge in [-0.05, 0) is 79.6 Å². The number of carbonyl (C=O) groups is 4. The second-order valence-electron chi connectivity index (χ2n) is 14.4. The number of hydrogen-bond donors (Lipinski definition) is 4. The molecule has 0 saturated heterocycles. The molecule has 5 amide bonds. The molecule has 2 aliphatic carbocycles. The third kappa shape index (κ3) is 6.67. The number of aromatic nitrogens is 5. The zero-order valence-electron chi connectivity index (χ0n) is 29.8. The molecule has 2 saturated carbocycles. The highest BCUT2D eigenvalue weighted by Crippen LogP contribution is 2.48. The van der Waals surface area contributed by atoms with Crippen molar-refractivity contribution in [1.29, 1.82) is 5.26 Å². The number of nitriles is 1. The molecule has 0 spiro atoms. The van der Waals surface area contributed by atoms with Crippen molar-refractivity contribution in [3.8, 4) is 17.2 Å². The number of halogens is 2. The van der Waals surface area contributed by atoms with Crippen molar-refractivity contribution < 1.29 is 19.2 Å². The van der Waals surface area contributed by atoms with E-state index in [1.54, 1.807) is 54.3 Å². The van der Waals surface area contributed by atoms with Gasteiger partial charge >= 0.3 is 6.03 Å². The summed E-state index contributed by atoms with van der Waals surface area (Å²) in [6, 6.07) is 17.1. The number of amides is 5. The molecule has 0 bridgehead atoms. The molecular weight excluding hydrogens is 757 g/mol. The summed E-state index contributed by atoms with van der Waals surface area (Å²) in [4.78, 5) is 72.6. The van der Waals surface area contributed by atoms with Crippen molar-refractivity contribution in [2.45, 2.75) is 62.2 Å². The van der Waals surface area contributed by atoms with E-state index in [9.17, 15) is 19.2 Å². The third-order valence-corrected chi connectivity index (χ3v) is 10.9. The van der Waals surface area contributed by atoms with E-state index in [0.717, 1.165) is 16.7 Å². The van der Waals surface area contributed by atoms with Gasteiger partial charge in [0.15, 0.2) is 0 Å². The number of nitrogens with two attached hydrogens (primary N) is 1. The average Bonchev–Trinajstić information content (AvgIpc) is 4.09. The van der Waals surface area contributed by atoms with Gasteiger partial charge in [-0.1, -0.05) is 47.5 Å². The number of pyridine rings is 1. The molecule has 1 atom stereocenters. The molecule has 0 radical (unpaired) electrons. The van der Waals surface area contributed by atoms with Crippen LogP contribution in [0.1, 0.15) is 65.7 Å². The molecule has 3 aliphatic rings. The highest BCUT2D eigenvalue weighted by molar-refractivity contribution is 6.35. The Balaban J connectivity index is 1.07. The molecule has 0 unspecified atom stereocenters.